The van der Waals surface area contributed by atoms with Crippen LogP contribution in [0.5, 0.6) is 0 Å². The lowest BCUT2D eigenvalue weighted by Gasteiger charge is -2.15. The molecule has 0 spiro atoms. The van der Waals surface area contributed by atoms with Crippen molar-refractivity contribution < 1.29 is 4.42 Å². The maximum absolute atomic E-state index is 6.65. The van der Waals surface area contributed by atoms with Gasteiger partial charge in [-0.1, -0.05) is 194 Å². The highest BCUT2D eigenvalue weighted by Gasteiger charge is 2.22. The van der Waals surface area contributed by atoms with E-state index in [1.807, 2.05) is 48.5 Å². The SMILES string of the molecule is c1ccc(-c2cc(-c3ccccc3)c3ccc4c(-c5ccc6oc7ccc(-c8nc(-c9ccccc9)nc9c8ccc8c(-c%10ccccc%10)cc(-c%10ccccc%10)nc89)cc7c6c5)nc(-c5ccccc5)nc4c3n2)cc1. The first-order chi connectivity index (χ1) is 38.1. The van der Waals surface area contributed by atoms with Crippen molar-refractivity contribution in [3.63, 3.8) is 0 Å². The predicted molar refractivity (Wildman–Crippen MR) is 314 cm³/mol. The first kappa shape index (κ1) is 44.0. The number of fused-ring (bicyclic) bond motifs is 9. The van der Waals surface area contributed by atoms with E-state index in [0.29, 0.717) is 11.6 Å². The normalized spacial score (nSPS) is 11.6. The van der Waals surface area contributed by atoms with Gasteiger partial charge in [-0.3, -0.25) is 0 Å². The van der Waals surface area contributed by atoms with Gasteiger partial charge >= 0.3 is 0 Å². The van der Waals surface area contributed by atoms with E-state index in [1.54, 1.807) is 0 Å². The Kier molecular flexibility index (Phi) is 10.4. The Morgan fingerprint density at radius 2 is 0.545 bits per heavy atom. The molecule has 15 aromatic rings. The predicted octanol–water partition coefficient (Wildman–Crippen LogP) is 17.9. The standard InChI is InChI=1S/C70H42N6O/c1-7-19-43(20-8-1)55-41-59(45-23-11-3-12-24-45)71-65-51(55)33-35-53-63(73-69(75-67(53)65)47-27-15-5-16-28-47)49-31-37-61-57(39-49)58-40-50(32-38-62(58)77-61)64-54-36-34-52-56(44-21-9-2-10-22-44)42-60(46-25-13-4-14-26-46)72-66(52)68(54)76-70(74-64)48-29-17-6-18-30-48/h1-42H. The largest absolute Gasteiger partial charge is 0.456 e. The van der Waals surface area contributed by atoms with Gasteiger partial charge in [0.2, 0.25) is 0 Å². The summed E-state index contributed by atoms with van der Waals surface area (Å²) in [6.45, 7) is 0. The summed E-state index contributed by atoms with van der Waals surface area (Å²) in [7, 11) is 0. The number of benzene rings is 10. The number of hydrogen-bond acceptors (Lipinski definition) is 7. The van der Waals surface area contributed by atoms with Crippen LogP contribution in [-0.2, 0) is 0 Å². The molecule has 0 radical (unpaired) electrons. The molecule has 0 aliphatic heterocycles. The van der Waals surface area contributed by atoms with Gasteiger partial charge in [-0.2, -0.15) is 0 Å². The highest BCUT2D eigenvalue weighted by Crippen LogP contribution is 2.43. The summed E-state index contributed by atoms with van der Waals surface area (Å²) in [5, 5.41) is 5.74. The van der Waals surface area contributed by atoms with Gasteiger partial charge in [0.15, 0.2) is 11.6 Å². The Balaban J connectivity index is 0.949. The number of furan rings is 1. The molecular weight excluding hydrogens is 941 g/mol. The summed E-state index contributed by atoms with van der Waals surface area (Å²) in [6, 6.07) is 87.9. The summed E-state index contributed by atoms with van der Waals surface area (Å²) < 4.78 is 6.65. The Morgan fingerprint density at radius 3 is 0.922 bits per heavy atom. The van der Waals surface area contributed by atoms with Gasteiger partial charge < -0.3 is 4.42 Å². The average molecular weight is 983 g/mol. The first-order valence-corrected chi connectivity index (χ1v) is 25.8. The molecule has 0 aliphatic rings. The third-order valence-corrected chi connectivity index (χ3v) is 14.7. The minimum absolute atomic E-state index is 0.617. The maximum atomic E-state index is 6.65. The molecule has 0 atom stereocenters. The maximum Gasteiger partial charge on any atom is 0.160 e. The quantitative estimate of drug-likeness (QED) is 0.140. The van der Waals surface area contributed by atoms with Gasteiger partial charge in [0.05, 0.1) is 33.8 Å². The summed E-state index contributed by atoms with van der Waals surface area (Å²) >= 11 is 0. The van der Waals surface area contributed by atoms with Crippen LogP contribution >= 0.6 is 0 Å². The molecule has 77 heavy (non-hydrogen) atoms. The highest BCUT2D eigenvalue weighted by molar-refractivity contribution is 6.16. The Morgan fingerprint density at radius 1 is 0.221 bits per heavy atom. The number of pyridine rings is 2. The zero-order valence-electron chi connectivity index (χ0n) is 41.3. The van der Waals surface area contributed by atoms with Crippen LogP contribution in [0.3, 0.4) is 0 Å². The molecule has 0 saturated carbocycles. The fourth-order valence-corrected chi connectivity index (χ4v) is 10.9. The Bertz CT molecular complexity index is 4460. The van der Waals surface area contributed by atoms with Gasteiger partial charge in [0.25, 0.3) is 0 Å². The zero-order chi connectivity index (χ0) is 50.8. The van der Waals surface area contributed by atoms with Crippen molar-refractivity contribution in [2.24, 2.45) is 0 Å². The minimum Gasteiger partial charge on any atom is -0.456 e. The van der Waals surface area contributed by atoms with E-state index in [2.05, 4.69) is 206 Å². The van der Waals surface area contributed by atoms with Crippen LogP contribution in [0.2, 0.25) is 0 Å². The molecular formula is C70H42N6O. The average Bonchev–Trinajstić information content (AvgIpc) is 3.95. The van der Waals surface area contributed by atoms with Crippen molar-refractivity contribution in [3.8, 4) is 90.1 Å². The number of rotatable bonds is 8. The van der Waals surface area contributed by atoms with Crippen LogP contribution < -0.4 is 0 Å². The van der Waals surface area contributed by atoms with Crippen molar-refractivity contribution in [3.05, 3.63) is 255 Å². The second-order valence-corrected chi connectivity index (χ2v) is 19.3. The third kappa shape index (κ3) is 7.68. The van der Waals surface area contributed by atoms with Crippen LogP contribution in [0, 0.1) is 0 Å². The molecule has 0 amide bonds. The van der Waals surface area contributed by atoms with E-state index in [4.69, 9.17) is 34.3 Å². The topological polar surface area (TPSA) is 90.5 Å². The van der Waals surface area contributed by atoms with Crippen molar-refractivity contribution >= 4 is 65.6 Å². The summed E-state index contributed by atoms with van der Waals surface area (Å²) in [5.74, 6) is 1.23. The minimum atomic E-state index is 0.617. The van der Waals surface area contributed by atoms with Crippen molar-refractivity contribution in [1.29, 1.82) is 0 Å². The van der Waals surface area contributed by atoms with Crippen LogP contribution in [0.25, 0.3) is 156 Å². The smallest absolute Gasteiger partial charge is 0.160 e. The van der Waals surface area contributed by atoms with Gasteiger partial charge in [-0.15, -0.1) is 0 Å². The molecule has 15 rings (SSSR count). The Hall–Kier alpha value is -10.5. The van der Waals surface area contributed by atoms with Crippen LogP contribution in [0.15, 0.2) is 259 Å². The van der Waals surface area contributed by atoms with Crippen molar-refractivity contribution in [2.45, 2.75) is 0 Å². The van der Waals surface area contributed by atoms with Gasteiger partial charge in [-0.25, -0.2) is 29.9 Å². The van der Waals surface area contributed by atoms with E-state index in [-0.39, 0.29) is 0 Å². The monoisotopic (exact) mass is 982 g/mol. The second-order valence-electron chi connectivity index (χ2n) is 19.3. The van der Waals surface area contributed by atoms with E-state index >= 15 is 0 Å². The van der Waals surface area contributed by atoms with Gasteiger partial charge in [0.1, 0.15) is 22.2 Å². The summed E-state index contributed by atoms with van der Waals surface area (Å²) in [6.07, 6.45) is 0. The lowest BCUT2D eigenvalue weighted by atomic mass is 9.95. The fraction of sp³-hybridized carbons (Fsp3) is 0. The van der Waals surface area contributed by atoms with E-state index < -0.39 is 0 Å². The molecule has 0 bridgehead atoms. The number of hydrogen-bond donors (Lipinski definition) is 0. The first-order valence-electron chi connectivity index (χ1n) is 25.8. The van der Waals surface area contributed by atoms with Crippen LogP contribution in [0.4, 0.5) is 0 Å². The molecule has 5 aromatic heterocycles. The van der Waals surface area contributed by atoms with E-state index in [9.17, 15) is 0 Å². The lowest BCUT2D eigenvalue weighted by molar-refractivity contribution is 0.669. The molecule has 10 aromatic carbocycles. The van der Waals surface area contributed by atoms with Crippen molar-refractivity contribution in [1.82, 2.24) is 29.9 Å². The van der Waals surface area contributed by atoms with Gasteiger partial charge in [-0.05, 0) is 82.9 Å². The number of nitrogens with zero attached hydrogens (tertiary/aromatic N) is 6. The van der Waals surface area contributed by atoms with E-state index in [0.717, 1.165) is 144 Å². The Labute approximate surface area is 442 Å². The molecule has 0 unspecified atom stereocenters. The molecule has 0 saturated heterocycles. The third-order valence-electron chi connectivity index (χ3n) is 14.7. The molecule has 0 fully saturated rings. The van der Waals surface area contributed by atoms with Crippen LogP contribution in [0.1, 0.15) is 0 Å². The second kappa shape index (κ2) is 18.2. The summed E-state index contributed by atoms with van der Waals surface area (Å²) in [4.78, 5) is 32.4. The molecule has 5 heterocycles. The van der Waals surface area contributed by atoms with Gasteiger partial charge in [0, 0.05) is 65.7 Å². The summed E-state index contributed by atoms with van der Waals surface area (Å²) in [5.41, 5.74) is 18.2. The van der Waals surface area contributed by atoms with E-state index in [1.165, 1.54) is 0 Å². The van der Waals surface area contributed by atoms with Crippen LogP contribution in [-0.4, -0.2) is 29.9 Å². The zero-order valence-corrected chi connectivity index (χ0v) is 41.3. The molecule has 0 aliphatic carbocycles. The molecule has 7 nitrogen and oxygen atoms in total. The molecule has 0 N–H and O–H groups in total. The lowest BCUT2D eigenvalue weighted by Crippen LogP contribution is -1.98. The fourth-order valence-electron chi connectivity index (χ4n) is 10.9. The highest BCUT2D eigenvalue weighted by atomic mass is 16.3. The number of aromatic nitrogens is 6. The van der Waals surface area contributed by atoms with Crippen molar-refractivity contribution in [2.75, 3.05) is 0 Å². The molecule has 7 heteroatoms. The molecule has 358 valence electrons.